The maximum absolute atomic E-state index is 12.5. The van der Waals surface area contributed by atoms with E-state index in [1.165, 1.54) is 4.90 Å². The van der Waals surface area contributed by atoms with Gasteiger partial charge in [-0.25, -0.2) is 9.59 Å². The second-order valence-electron chi connectivity index (χ2n) is 5.36. The van der Waals surface area contributed by atoms with Crippen LogP contribution < -0.4 is 10.2 Å². The first kappa shape index (κ1) is 15.3. The first-order chi connectivity index (χ1) is 11.1. The third-order valence-corrected chi connectivity index (χ3v) is 3.96. The minimum absolute atomic E-state index is 0.00684. The number of carbonyl (C=O) groups excluding carboxylic acids is 2. The third kappa shape index (κ3) is 2.98. The van der Waals surface area contributed by atoms with Gasteiger partial charge in [-0.15, -0.1) is 0 Å². The van der Waals surface area contributed by atoms with Crippen LogP contribution in [-0.2, 0) is 9.53 Å². The Bertz CT molecular complexity index is 631. The van der Waals surface area contributed by atoms with Gasteiger partial charge in [0.15, 0.2) is 6.04 Å². The number of hydrogen-bond donors (Lipinski definition) is 2. The molecule has 0 saturated carbocycles. The topological polar surface area (TPSA) is 99.2 Å². The van der Waals surface area contributed by atoms with Gasteiger partial charge in [0.05, 0.1) is 13.2 Å². The fourth-order valence-corrected chi connectivity index (χ4v) is 2.72. The average Bonchev–Trinajstić information content (AvgIpc) is 3.00. The number of hydrogen-bond acceptors (Lipinski definition) is 4. The van der Waals surface area contributed by atoms with Crippen LogP contribution in [0.5, 0.6) is 0 Å². The summed E-state index contributed by atoms with van der Waals surface area (Å²) in [6.45, 7) is 1.73. The highest BCUT2D eigenvalue weighted by Gasteiger charge is 2.33. The minimum Gasteiger partial charge on any atom is -0.480 e. The predicted molar refractivity (Wildman–Crippen MR) is 80.5 cm³/mol. The molecule has 1 atom stereocenters. The number of aliphatic carboxylic acids is 1. The van der Waals surface area contributed by atoms with E-state index in [-0.39, 0.29) is 25.1 Å². The van der Waals surface area contributed by atoms with Crippen molar-refractivity contribution < 1.29 is 24.2 Å². The molecule has 0 radical (unpaired) electrons. The number of anilines is 1. The highest BCUT2D eigenvalue weighted by atomic mass is 16.5. The standard InChI is InChI=1S/C15H17N3O5/c19-13(18-7-8-23-9-12(18)14(20)21)10-1-3-11(4-2-10)17-6-5-16-15(17)22/h1-4,12H,5-9H2,(H,16,22)(H,20,21)/t12-/m1/s1. The predicted octanol–water partition coefficient (Wildman–Crippen LogP) is 0.142. The summed E-state index contributed by atoms with van der Waals surface area (Å²) < 4.78 is 5.13. The van der Waals surface area contributed by atoms with Gasteiger partial charge in [-0.3, -0.25) is 9.69 Å². The summed E-state index contributed by atoms with van der Waals surface area (Å²) in [4.78, 5) is 38.3. The number of rotatable bonds is 3. The Labute approximate surface area is 132 Å². The van der Waals surface area contributed by atoms with E-state index in [0.717, 1.165) is 0 Å². The van der Waals surface area contributed by atoms with Crippen molar-refractivity contribution in [2.75, 3.05) is 37.7 Å². The summed E-state index contributed by atoms with van der Waals surface area (Å²) in [5, 5.41) is 11.9. The zero-order chi connectivity index (χ0) is 16.4. The Morgan fingerprint density at radius 3 is 2.57 bits per heavy atom. The van der Waals surface area contributed by atoms with E-state index in [4.69, 9.17) is 4.74 Å². The molecule has 8 heteroatoms. The molecule has 8 nitrogen and oxygen atoms in total. The van der Waals surface area contributed by atoms with Gasteiger partial charge in [0.1, 0.15) is 0 Å². The van der Waals surface area contributed by atoms with Crippen LogP contribution in [0.3, 0.4) is 0 Å². The Balaban J connectivity index is 1.77. The summed E-state index contributed by atoms with van der Waals surface area (Å²) in [5.74, 6) is -1.43. The average molecular weight is 319 g/mol. The molecule has 3 rings (SSSR count). The quantitative estimate of drug-likeness (QED) is 0.826. The molecule has 3 amide bonds. The molecule has 2 aliphatic rings. The van der Waals surface area contributed by atoms with E-state index in [2.05, 4.69) is 5.32 Å². The lowest BCUT2D eigenvalue weighted by Gasteiger charge is -2.33. The van der Waals surface area contributed by atoms with Gasteiger partial charge < -0.3 is 20.1 Å². The zero-order valence-corrected chi connectivity index (χ0v) is 12.4. The fourth-order valence-electron chi connectivity index (χ4n) is 2.72. The smallest absolute Gasteiger partial charge is 0.328 e. The van der Waals surface area contributed by atoms with Gasteiger partial charge in [-0.1, -0.05) is 0 Å². The molecule has 0 spiro atoms. The summed E-state index contributed by atoms with van der Waals surface area (Å²) in [6, 6.07) is 5.46. The number of carboxylic acid groups (broad SMARTS) is 1. The molecule has 122 valence electrons. The second-order valence-corrected chi connectivity index (χ2v) is 5.36. The molecule has 2 saturated heterocycles. The third-order valence-electron chi connectivity index (χ3n) is 3.96. The first-order valence-electron chi connectivity index (χ1n) is 7.35. The normalized spacial score (nSPS) is 21.2. The molecule has 2 heterocycles. The SMILES string of the molecule is O=C(O)[C@H]1COCCN1C(=O)c1ccc(N2CCNC2=O)cc1. The first-order valence-corrected chi connectivity index (χ1v) is 7.35. The molecule has 1 aromatic carbocycles. The molecular formula is C15H17N3O5. The number of ether oxygens (including phenoxy) is 1. The Morgan fingerprint density at radius 1 is 1.22 bits per heavy atom. The highest BCUT2D eigenvalue weighted by molar-refractivity contribution is 5.98. The van der Waals surface area contributed by atoms with Crippen LogP contribution in [-0.4, -0.2) is 66.8 Å². The van der Waals surface area contributed by atoms with Gasteiger partial charge in [-0.2, -0.15) is 0 Å². The van der Waals surface area contributed by atoms with Crippen molar-refractivity contribution in [3.8, 4) is 0 Å². The van der Waals surface area contributed by atoms with Crippen molar-refractivity contribution in [2.24, 2.45) is 0 Å². The van der Waals surface area contributed by atoms with E-state index in [1.54, 1.807) is 29.2 Å². The van der Waals surface area contributed by atoms with Crippen molar-refractivity contribution in [3.05, 3.63) is 29.8 Å². The van der Waals surface area contributed by atoms with E-state index in [0.29, 0.717) is 30.9 Å². The molecule has 23 heavy (non-hydrogen) atoms. The Kier molecular flexibility index (Phi) is 4.16. The van der Waals surface area contributed by atoms with Gasteiger partial charge in [0, 0.05) is 30.9 Å². The maximum atomic E-state index is 12.5. The van der Waals surface area contributed by atoms with Crippen LogP contribution in [0, 0.1) is 0 Å². The molecule has 2 N–H and O–H groups in total. The molecule has 2 aliphatic heterocycles. The molecule has 0 aromatic heterocycles. The molecule has 1 aromatic rings. The number of carbonyl (C=O) groups is 3. The number of amides is 3. The number of nitrogens with zero attached hydrogens (tertiary/aromatic N) is 2. The largest absolute Gasteiger partial charge is 0.480 e. The van der Waals surface area contributed by atoms with Crippen LogP contribution in [0.4, 0.5) is 10.5 Å². The van der Waals surface area contributed by atoms with Crippen LogP contribution in [0.15, 0.2) is 24.3 Å². The van der Waals surface area contributed by atoms with E-state index >= 15 is 0 Å². The van der Waals surface area contributed by atoms with Crippen molar-refractivity contribution in [1.29, 1.82) is 0 Å². The lowest BCUT2D eigenvalue weighted by molar-refractivity contribution is -0.147. The van der Waals surface area contributed by atoms with Crippen molar-refractivity contribution in [1.82, 2.24) is 10.2 Å². The molecule has 0 unspecified atom stereocenters. The highest BCUT2D eigenvalue weighted by Crippen LogP contribution is 2.19. The van der Waals surface area contributed by atoms with Crippen LogP contribution in [0.25, 0.3) is 0 Å². The number of nitrogens with one attached hydrogen (secondary N) is 1. The van der Waals surface area contributed by atoms with E-state index in [9.17, 15) is 19.5 Å². The van der Waals surface area contributed by atoms with Crippen molar-refractivity contribution >= 4 is 23.6 Å². The summed E-state index contributed by atoms with van der Waals surface area (Å²) in [5.41, 5.74) is 1.09. The monoisotopic (exact) mass is 319 g/mol. The summed E-state index contributed by atoms with van der Waals surface area (Å²) in [6.07, 6.45) is 0. The molecule has 2 fully saturated rings. The van der Waals surface area contributed by atoms with Crippen molar-refractivity contribution in [3.63, 3.8) is 0 Å². The summed E-state index contributed by atoms with van der Waals surface area (Å²) in [7, 11) is 0. The fraction of sp³-hybridized carbons (Fsp3) is 0.400. The number of benzene rings is 1. The number of carboxylic acids is 1. The van der Waals surface area contributed by atoms with Gasteiger partial charge in [0.25, 0.3) is 5.91 Å². The van der Waals surface area contributed by atoms with E-state index < -0.39 is 12.0 Å². The molecule has 0 bridgehead atoms. The number of morpholine rings is 1. The lowest BCUT2D eigenvalue weighted by atomic mass is 10.1. The molecular weight excluding hydrogens is 302 g/mol. The second kappa shape index (κ2) is 6.25. The van der Waals surface area contributed by atoms with Crippen molar-refractivity contribution in [2.45, 2.75) is 6.04 Å². The van der Waals surface area contributed by atoms with Gasteiger partial charge >= 0.3 is 12.0 Å². The van der Waals surface area contributed by atoms with E-state index in [1.807, 2.05) is 0 Å². The Hall–Kier alpha value is -2.61. The summed E-state index contributed by atoms with van der Waals surface area (Å²) >= 11 is 0. The van der Waals surface area contributed by atoms with Crippen LogP contribution >= 0.6 is 0 Å². The van der Waals surface area contributed by atoms with Gasteiger partial charge in [-0.05, 0) is 24.3 Å². The Morgan fingerprint density at radius 2 is 1.96 bits per heavy atom. The van der Waals surface area contributed by atoms with Crippen LogP contribution in [0.2, 0.25) is 0 Å². The zero-order valence-electron chi connectivity index (χ0n) is 12.4. The molecule has 0 aliphatic carbocycles. The lowest BCUT2D eigenvalue weighted by Crippen LogP contribution is -2.52. The van der Waals surface area contributed by atoms with Gasteiger partial charge in [0.2, 0.25) is 0 Å². The maximum Gasteiger partial charge on any atom is 0.328 e. The van der Waals surface area contributed by atoms with Crippen LogP contribution in [0.1, 0.15) is 10.4 Å². The minimum atomic E-state index is -1.08. The number of urea groups is 1.